The average Bonchev–Trinajstić information content (AvgIpc) is 3.59. The van der Waals surface area contributed by atoms with E-state index in [1.807, 2.05) is 38.1 Å². The van der Waals surface area contributed by atoms with E-state index in [9.17, 15) is 19.5 Å². The maximum absolute atomic E-state index is 13.1. The lowest BCUT2D eigenvalue weighted by Crippen LogP contribution is -2.49. The molecule has 34 heavy (non-hydrogen) atoms. The van der Waals surface area contributed by atoms with Crippen LogP contribution in [0.2, 0.25) is 0 Å². The lowest BCUT2D eigenvalue weighted by atomic mass is 10.0. The number of carbonyl (C=O) groups is 3. The summed E-state index contributed by atoms with van der Waals surface area (Å²) in [6, 6.07) is 13.4. The van der Waals surface area contributed by atoms with Gasteiger partial charge in [0.25, 0.3) is 0 Å². The number of urea groups is 1. The summed E-state index contributed by atoms with van der Waals surface area (Å²) in [5.41, 5.74) is 2.30. The van der Waals surface area contributed by atoms with Gasteiger partial charge in [-0.3, -0.25) is 4.79 Å². The second-order valence-corrected chi connectivity index (χ2v) is 8.90. The fraction of sp³-hybridized carbons (Fsp3) is 0.444. The molecular weight excluding hydrogens is 432 g/mol. The van der Waals surface area contributed by atoms with Crippen LogP contribution in [0.1, 0.15) is 66.6 Å². The van der Waals surface area contributed by atoms with Gasteiger partial charge in [-0.15, -0.1) is 0 Å². The van der Waals surface area contributed by atoms with Crippen LogP contribution >= 0.6 is 0 Å². The van der Waals surface area contributed by atoms with Crippen LogP contribution in [0.5, 0.6) is 5.75 Å². The van der Waals surface area contributed by atoms with Gasteiger partial charge in [0.2, 0.25) is 0 Å². The zero-order chi connectivity index (χ0) is 24.7. The maximum atomic E-state index is 13.1. The first kappa shape index (κ1) is 25.3. The molecule has 2 amide bonds. The van der Waals surface area contributed by atoms with Crippen molar-refractivity contribution in [2.45, 2.75) is 65.0 Å². The predicted molar refractivity (Wildman–Crippen MR) is 130 cm³/mol. The standard InChI is InChI=1S/C27H34N2O5/c1-4-34-24-19(2)22(13-14-23(24)20(3)30)18-29(26(33)28-27(15-16-27)25(31)32)17-9-8-12-21-10-6-5-7-11-21/h5-7,10-11,13-14H,4,8-9,12,15-18H2,1-3H3,(H,28,33)(H,31,32). The van der Waals surface area contributed by atoms with Crippen molar-refractivity contribution in [3.63, 3.8) is 0 Å². The summed E-state index contributed by atoms with van der Waals surface area (Å²) in [4.78, 5) is 38.5. The van der Waals surface area contributed by atoms with Gasteiger partial charge in [-0.05, 0) is 75.6 Å². The number of aliphatic carboxylic acids is 1. The van der Waals surface area contributed by atoms with Crippen LogP contribution in [0.3, 0.4) is 0 Å². The number of carboxylic acids is 1. The highest BCUT2D eigenvalue weighted by molar-refractivity contribution is 5.97. The summed E-state index contributed by atoms with van der Waals surface area (Å²) in [5.74, 6) is -0.530. The zero-order valence-corrected chi connectivity index (χ0v) is 20.2. The number of benzene rings is 2. The minimum Gasteiger partial charge on any atom is -0.493 e. The Labute approximate surface area is 201 Å². The lowest BCUT2D eigenvalue weighted by Gasteiger charge is -2.27. The third-order valence-electron chi connectivity index (χ3n) is 6.33. The number of Topliss-reactive ketones (excluding diaryl/α,β-unsaturated/α-hetero) is 1. The van der Waals surface area contributed by atoms with Gasteiger partial charge in [-0.1, -0.05) is 36.4 Å². The summed E-state index contributed by atoms with van der Waals surface area (Å²) in [6.45, 7) is 6.48. The van der Waals surface area contributed by atoms with E-state index in [1.165, 1.54) is 12.5 Å². The molecule has 182 valence electrons. The first-order chi connectivity index (χ1) is 16.3. The molecule has 1 aliphatic carbocycles. The summed E-state index contributed by atoms with van der Waals surface area (Å²) >= 11 is 0. The van der Waals surface area contributed by atoms with E-state index in [0.29, 0.717) is 43.9 Å². The minimum absolute atomic E-state index is 0.0780. The van der Waals surface area contributed by atoms with E-state index in [1.54, 1.807) is 11.0 Å². The highest BCUT2D eigenvalue weighted by atomic mass is 16.5. The van der Waals surface area contributed by atoms with E-state index < -0.39 is 11.5 Å². The predicted octanol–water partition coefficient (Wildman–Crippen LogP) is 4.75. The molecule has 0 aliphatic heterocycles. The number of amides is 2. The molecule has 3 rings (SSSR count). The van der Waals surface area contributed by atoms with Crippen molar-refractivity contribution in [1.82, 2.24) is 10.2 Å². The fourth-order valence-corrected chi connectivity index (χ4v) is 4.05. The van der Waals surface area contributed by atoms with E-state index in [2.05, 4.69) is 17.4 Å². The van der Waals surface area contributed by atoms with E-state index in [-0.39, 0.29) is 11.8 Å². The van der Waals surface area contributed by atoms with Crippen LogP contribution < -0.4 is 10.1 Å². The van der Waals surface area contributed by atoms with Crippen molar-refractivity contribution >= 4 is 17.8 Å². The Morgan fingerprint density at radius 1 is 1.09 bits per heavy atom. The quantitative estimate of drug-likeness (QED) is 0.348. The number of hydrogen-bond acceptors (Lipinski definition) is 4. The van der Waals surface area contributed by atoms with E-state index in [4.69, 9.17) is 4.74 Å². The number of aryl methyl sites for hydroxylation is 1. The summed E-state index contributed by atoms with van der Waals surface area (Å²) in [7, 11) is 0. The molecule has 0 bridgehead atoms. The van der Waals surface area contributed by atoms with Crippen LogP contribution in [-0.4, -0.2) is 46.5 Å². The number of ketones is 1. The topological polar surface area (TPSA) is 95.9 Å². The molecule has 2 N–H and O–H groups in total. The van der Waals surface area contributed by atoms with Gasteiger partial charge in [0, 0.05) is 13.1 Å². The second-order valence-electron chi connectivity index (χ2n) is 8.90. The Hall–Kier alpha value is -3.35. The molecule has 0 unspecified atom stereocenters. The van der Waals surface area contributed by atoms with Crippen molar-refractivity contribution < 1.29 is 24.2 Å². The Balaban J connectivity index is 1.76. The first-order valence-corrected chi connectivity index (χ1v) is 11.9. The van der Waals surface area contributed by atoms with Gasteiger partial charge < -0.3 is 20.1 Å². The third-order valence-corrected chi connectivity index (χ3v) is 6.33. The van der Waals surface area contributed by atoms with Gasteiger partial charge in [0.05, 0.1) is 12.2 Å². The molecule has 0 saturated heterocycles. The number of nitrogens with zero attached hydrogens (tertiary/aromatic N) is 1. The highest BCUT2D eigenvalue weighted by Crippen LogP contribution is 2.36. The van der Waals surface area contributed by atoms with Crippen molar-refractivity contribution in [3.05, 3.63) is 64.7 Å². The number of nitrogens with one attached hydrogen (secondary N) is 1. The molecule has 0 spiro atoms. The molecule has 1 fully saturated rings. The Morgan fingerprint density at radius 3 is 2.38 bits per heavy atom. The fourth-order valence-electron chi connectivity index (χ4n) is 4.05. The van der Waals surface area contributed by atoms with Crippen molar-refractivity contribution in [2.24, 2.45) is 0 Å². The number of carboxylic acid groups (broad SMARTS) is 1. The maximum Gasteiger partial charge on any atom is 0.329 e. The number of rotatable bonds is 12. The molecule has 2 aromatic carbocycles. The molecular formula is C27H34N2O5. The Morgan fingerprint density at radius 2 is 1.79 bits per heavy atom. The molecule has 0 radical (unpaired) electrons. The van der Waals surface area contributed by atoms with Crippen molar-refractivity contribution in [3.8, 4) is 5.75 Å². The number of hydrogen-bond donors (Lipinski definition) is 2. The molecule has 1 aliphatic rings. The molecule has 7 nitrogen and oxygen atoms in total. The monoisotopic (exact) mass is 466 g/mol. The van der Waals surface area contributed by atoms with Crippen LogP contribution in [0.15, 0.2) is 42.5 Å². The third kappa shape index (κ3) is 6.16. The van der Waals surface area contributed by atoms with Crippen LogP contribution in [-0.2, 0) is 17.8 Å². The summed E-state index contributed by atoms with van der Waals surface area (Å²) in [6.07, 6.45) is 3.49. The van der Waals surface area contributed by atoms with Gasteiger partial charge in [-0.25, -0.2) is 9.59 Å². The number of carbonyl (C=O) groups excluding carboxylic acids is 2. The molecule has 7 heteroatoms. The summed E-state index contributed by atoms with van der Waals surface area (Å²) in [5, 5.41) is 12.2. The molecule has 0 aromatic heterocycles. The smallest absolute Gasteiger partial charge is 0.329 e. The van der Waals surface area contributed by atoms with Crippen molar-refractivity contribution in [2.75, 3.05) is 13.2 Å². The van der Waals surface area contributed by atoms with Crippen molar-refractivity contribution in [1.29, 1.82) is 0 Å². The van der Waals surface area contributed by atoms with Crippen LogP contribution in [0.4, 0.5) is 4.79 Å². The number of unbranched alkanes of at least 4 members (excludes halogenated alkanes) is 1. The molecule has 2 aromatic rings. The molecule has 0 atom stereocenters. The first-order valence-electron chi connectivity index (χ1n) is 11.9. The lowest BCUT2D eigenvalue weighted by molar-refractivity contribution is -0.140. The van der Waals surface area contributed by atoms with E-state index in [0.717, 1.165) is 30.4 Å². The SMILES string of the molecule is CCOc1c(C(C)=O)ccc(CN(CCCCc2ccccc2)C(=O)NC2(C(=O)O)CC2)c1C. The second kappa shape index (κ2) is 11.2. The van der Waals surface area contributed by atoms with Crippen LogP contribution in [0, 0.1) is 6.92 Å². The molecule has 1 saturated carbocycles. The van der Waals surface area contributed by atoms with Crippen LogP contribution in [0.25, 0.3) is 0 Å². The molecule has 0 heterocycles. The van der Waals surface area contributed by atoms with Gasteiger partial charge in [-0.2, -0.15) is 0 Å². The minimum atomic E-state index is -1.15. The summed E-state index contributed by atoms with van der Waals surface area (Å²) < 4.78 is 5.76. The highest BCUT2D eigenvalue weighted by Gasteiger charge is 2.52. The number of ether oxygens (including phenoxy) is 1. The van der Waals surface area contributed by atoms with Gasteiger partial charge in [0.15, 0.2) is 5.78 Å². The Bertz CT molecular complexity index is 1030. The zero-order valence-electron chi connectivity index (χ0n) is 20.2. The average molecular weight is 467 g/mol. The van der Waals surface area contributed by atoms with Gasteiger partial charge >= 0.3 is 12.0 Å². The van der Waals surface area contributed by atoms with E-state index >= 15 is 0 Å². The van der Waals surface area contributed by atoms with Gasteiger partial charge in [0.1, 0.15) is 11.3 Å². The normalized spacial score (nSPS) is 13.7. The Kier molecular flexibility index (Phi) is 8.31. The largest absolute Gasteiger partial charge is 0.493 e.